The maximum atomic E-state index is 5.98. The van der Waals surface area contributed by atoms with Gasteiger partial charge in [-0.15, -0.1) is 0 Å². The average Bonchev–Trinajstić information content (AvgIpc) is 2.47. The molecule has 106 valence electrons. The Morgan fingerprint density at radius 2 is 2.16 bits per heavy atom. The van der Waals surface area contributed by atoms with Crippen molar-refractivity contribution in [2.75, 3.05) is 13.2 Å². The quantitative estimate of drug-likeness (QED) is 0.820. The molecule has 1 heterocycles. The van der Waals surface area contributed by atoms with Crippen molar-refractivity contribution in [3.8, 4) is 0 Å². The maximum Gasteiger partial charge on any atom is 0.0576 e. The molecule has 0 radical (unpaired) electrons. The van der Waals surface area contributed by atoms with E-state index in [0.717, 1.165) is 25.6 Å². The molecule has 0 spiro atoms. The highest BCUT2D eigenvalue weighted by molar-refractivity contribution is 5.08. The van der Waals surface area contributed by atoms with E-state index in [1.807, 2.05) is 18.5 Å². The van der Waals surface area contributed by atoms with Gasteiger partial charge in [-0.25, -0.2) is 0 Å². The average molecular weight is 262 g/mol. The molecule has 0 unspecified atom stereocenters. The Hall–Kier alpha value is -0.930. The SMILES string of the molecule is CCCNC1CCC(OCCc2cccnc2)CC1. The normalized spacial score (nSPS) is 23.4. The van der Waals surface area contributed by atoms with Crippen molar-refractivity contribution in [2.24, 2.45) is 0 Å². The topological polar surface area (TPSA) is 34.1 Å². The predicted octanol–water partition coefficient (Wildman–Crippen LogP) is 2.95. The number of rotatable bonds is 7. The molecule has 3 heteroatoms. The van der Waals surface area contributed by atoms with Crippen LogP contribution in [0.25, 0.3) is 0 Å². The Bertz CT molecular complexity index is 334. The Balaban J connectivity index is 1.58. The van der Waals surface area contributed by atoms with Gasteiger partial charge in [-0.2, -0.15) is 0 Å². The largest absolute Gasteiger partial charge is 0.378 e. The van der Waals surface area contributed by atoms with E-state index in [1.54, 1.807) is 0 Å². The smallest absolute Gasteiger partial charge is 0.0576 e. The lowest BCUT2D eigenvalue weighted by molar-refractivity contribution is 0.0243. The van der Waals surface area contributed by atoms with E-state index < -0.39 is 0 Å². The summed E-state index contributed by atoms with van der Waals surface area (Å²) in [6.45, 7) is 4.20. The van der Waals surface area contributed by atoms with Gasteiger partial charge in [0.1, 0.15) is 0 Å². The van der Waals surface area contributed by atoms with Gasteiger partial charge in [-0.05, 0) is 56.7 Å². The molecule has 1 aliphatic rings. The molecule has 2 rings (SSSR count). The van der Waals surface area contributed by atoms with Gasteiger partial charge < -0.3 is 10.1 Å². The van der Waals surface area contributed by atoms with Crippen molar-refractivity contribution in [3.63, 3.8) is 0 Å². The second kappa shape index (κ2) is 8.28. The fourth-order valence-corrected chi connectivity index (χ4v) is 2.67. The van der Waals surface area contributed by atoms with Crippen LogP contribution in [0, 0.1) is 0 Å². The standard InChI is InChI=1S/C16H26N2O/c1-2-10-18-15-5-7-16(8-6-15)19-12-9-14-4-3-11-17-13-14/h3-4,11,13,15-16,18H,2,5-10,12H2,1H3. The van der Waals surface area contributed by atoms with E-state index in [2.05, 4.69) is 23.3 Å². The van der Waals surface area contributed by atoms with Crippen LogP contribution in [0.2, 0.25) is 0 Å². The van der Waals surface area contributed by atoms with Crippen molar-refractivity contribution in [1.82, 2.24) is 10.3 Å². The summed E-state index contributed by atoms with van der Waals surface area (Å²) < 4.78 is 5.98. The predicted molar refractivity (Wildman–Crippen MR) is 78.2 cm³/mol. The van der Waals surface area contributed by atoms with Crippen LogP contribution in [0.1, 0.15) is 44.6 Å². The van der Waals surface area contributed by atoms with E-state index in [1.165, 1.54) is 37.7 Å². The summed E-state index contributed by atoms with van der Waals surface area (Å²) in [6.07, 6.45) is 11.3. The third-order valence-corrected chi connectivity index (χ3v) is 3.82. The number of hydrogen-bond acceptors (Lipinski definition) is 3. The molecule has 1 saturated carbocycles. The molecule has 1 aromatic heterocycles. The molecule has 0 atom stereocenters. The summed E-state index contributed by atoms with van der Waals surface area (Å²) in [7, 11) is 0. The minimum atomic E-state index is 0.469. The summed E-state index contributed by atoms with van der Waals surface area (Å²) in [5, 5.41) is 3.61. The zero-order valence-corrected chi connectivity index (χ0v) is 12.0. The van der Waals surface area contributed by atoms with E-state index in [0.29, 0.717) is 6.10 Å². The first-order chi connectivity index (χ1) is 9.38. The minimum Gasteiger partial charge on any atom is -0.378 e. The Morgan fingerprint density at radius 3 is 2.84 bits per heavy atom. The molecule has 0 aromatic carbocycles. The molecule has 19 heavy (non-hydrogen) atoms. The van der Waals surface area contributed by atoms with Crippen molar-refractivity contribution >= 4 is 0 Å². The van der Waals surface area contributed by atoms with Gasteiger partial charge in [-0.3, -0.25) is 4.98 Å². The summed E-state index contributed by atoms with van der Waals surface area (Å²) in [5.74, 6) is 0. The lowest BCUT2D eigenvalue weighted by atomic mass is 9.93. The van der Waals surface area contributed by atoms with Crippen molar-refractivity contribution in [2.45, 2.75) is 57.6 Å². The first kappa shape index (κ1) is 14.5. The van der Waals surface area contributed by atoms with E-state index in [-0.39, 0.29) is 0 Å². The molecule has 1 aromatic rings. The molecular formula is C16H26N2O. The second-order valence-corrected chi connectivity index (χ2v) is 5.41. The lowest BCUT2D eigenvalue weighted by Crippen LogP contribution is -2.35. The van der Waals surface area contributed by atoms with Crippen molar-refractivity contribution in [3.05, 3.63) is 30.1 Å². The van der Waals surface area contributed by atoms with Crippen LogP contribution < -0.4 is 5.32 Å². The van der Waals surface area contributed by atoms with Crippen LogP contribution in [0.3, 0.4) is 0 Å². The highest BCUT2D eigenvalue weighted by Gasteiger charge is 2.20. The fourth-order valence-electron chi connectivity index (χ4n) is 2.67. The second-order valence-electron chi connectivity index (χ2n) is 5.41. The van der Waals surface area contributed by atoms with Crippen LogP contribution in [0.4, 0.5) is 0 Å². The van der Waals surface area contributed by atoms with Gasteiger partial charge in [0.25, 0.3) is 0 Å². The third-order valence-electron chi connectivity index (χ3n) is 3.82. The van der Waals surface area contributed by atoms with E-state index in [4.69, 9.17) is 4.74 Å². The first-order valence-electron chi connectivity index (χ1n) is 7.62. The van der Waals surface area contributed by atoms with Crippen LogP contribution in [-0.4, -0.2) is 30.3 Å². The number of aromatic nitrogens is 1. The summed E-state index contributed by atoms with van der Waals surface area (Å²) in [5.41, 5.74) is 1.26. The fraction of sp³-hybridized carbons (Fsp3) is 0.688. The van der Waals surface area contributed by atoms with Crippen molar-refractivity contribution < 1.29 is 4.74 Å². The molecule has 1 aliphatic carbocycles. The van der Waals surface area contributed by atoms with Crippen molar-refractivity contribution in [1.29, 1.82) is 0 Å². The van der Waals surface area contributed by atoms with Gasteiger partial charge in [0.2, 0.25) is 0 Å². The monoisotopic (exact) mass is 262 g/mol. The Labute approximate surface area is 116 Å². The van der Waals surface area contributed by atoms with Crippen LogP contribution in [0.15, 0.2) is 24.5 Å². The highest BCUT2D eigenvalue weighted by atomic mass is 16.5. The number of nitrogens with one attached hydrogen (secondary N) is 1. The summed E-state index contributed by atoms with van der Waals surface area (Å²) >= 11 is 0. The molecule has 1 fully saturated rings. The van der Waals surface area contributed by atoms with E-state index in [9.17, 15) is 0 Å². The minimum absolute atomic E-state index is 0.469. The molecule has 0 amide bonds. The molecule has 1 N–H and O–H groups in total. The molecule has 0 bridgehead atoms. The van der Waals surface area contributed by atoms with Crippen LogP contribution in [0.5, 0.6) is 0 Å². The van der Waals surface area contributed by atoms with Crippen LogP contribution >= 0.6 is 0 Å². The zero-order chi connectivity index (χ0) is 13.3. The summed E-state index contributed by atoms with van der Waals surface area (Å²) in [6, 6.07) is 4.82. The van der Waals surface area contributed by atoms with Crippen LogP contribution in [-0.2, 0) is 11.2 Å². The van der Waals surface area contributed by atoms with Gasteiger partial charge in [0.15, 0.2) is 0 Å². The lowest BCUT2D eigenvalue weighted by Gasteiger charge is -2.29. The maximum absolute atomic E-state index is 5.98. The number of pyridine rings is 1. The Kier molecular flexibility index (Phi) is 6.31. The number of hydrogen-bond donors (Lipinski definition) is 1. The molecule has 0 aliphatic heterocycles. The summed E-state index contributed by atoms with van der Waals surface area (Å²) in [4.78, 5) is 4.12. The molecular weight excluding hydrogens is 236 g/mol. The zero-order valence-electron chi connectivity index (χ0n) is 12.0. The van der Waals surface area contributed by atoms with E-state index >= 15 is 0 Å². The number of ether oxygens (including phenoxy) is 1. The van der Waals surface area contributed by atoms with Gasteiger partial charge in [-0.1, -0.05) is 13.0 Å². The highest BCUT2D eigenvalue weighted by Crippen LogP contribution is 2.21. The Morgan fingerprint density at radius 1 is 1.32 bits per heavy atom. The number of nitrogens with zero attached hydrogens (tertiary/aromatic N) is 1. The molecule has 0 saturated heterocycles. The first-order valence-corrected chi connectivity index (χ1v) is 7.62. The third kappa shape index (κ3) is 5.29. The van der Waals surface area contributed by atoms with Gasteiger partial charge in [0.05, 0.1) is 12.7 Å². The van der Waals surface area contributed by atoms with Gasteiger partial charge in [0, 0.05) is 18.4 Å². The molecule has 3 nitrogen and oxygen atoms in total. The van der Waals surface area contributed by atoms with Gasteiger partial charge >= 0.3 is 0 Å².